The molecule has 27 heavy (non-hydrogen) atoms. The fourth-order valence-electron chi connectivity index (χ4n) is 3.37. The number of para-hydroxylation sites is 1. The third-order valence-corrected chi connectivity index (χ3v) is 6.15. The van der Waals surface area contributed by atoms with Crippen LogP contribution in [0.5, 0.6) is 0 Å². The minimum Gasteiger partial charge on any atom is -0.345 e. The Morgan fingerprint density at radius 2 is 1.96 bits per heavy atom. The van der Waals surface area contributed by atoms with Crippen LogP contribution >= 0.6 is 22.9 Å². The maximum atomic E-state index is 13.0. The Bertz CT molecular complexity index is 987. The summed E-state index contributed by atoms with van der Waals surface area (Å²) < 4.78 is 2.91. The third kappa shape index (κ3) is 3.41. The third-order valence-electron chi connectivity index (χ3n) is 4.76. The maximum absolute atomic E-state index is 13.0. The van der Waals surface area contributed by atoms with Crippen molar-refractivity contribution < 1.29 is 4.79 Å². The van der Waals surface area contributed by atoms with Crippen LogP contribution in [0.15, 0.2) is 24.3 Å². The molecule has 0 unspecified atom stereocenters. The molecule has 3 heterocycles. The summed E-state index contributed by atoms with van der Waals surface area (Å²) in [7, 11) is 0. The van der Waals surface area contributed by atoms with Gasteiger partial charge < -0.3 is 9.80 Å². The van der Waals surface area contributed by atoms with Gasteiger partial charge in [0.25, 0.3) is 5.91 Å². The van der Waals surface area contributed by atoms with Crippen molar-refractivity contribution in [3.63, 3.8) is 0 Å². The fraction of sp³-hybridized carbons (Fsp3) is 0.421. The number of fused-ring (bicyclic) bond motifs is 1. The van der Waals surface area contributed by atoms with Gasteiger partial charge in [0.05, 0.1) is 15.4 Å². The summed E-state index contributed by atoms with van der Waals surface area (Å²) in [5.74, 6) is 0.0521. The van der Waals surface area contributed by atoms with Gasteiger partial charge in [-0.15, -0.1) is 0 Å². The first-order valence-electron chi connectivity index (χ1n) is 9.09. The number of thiazole rings is 1. The van der Waals surface area contributed by atoms with Gasteiger partial charge in [0.2, 0.25) is 0 Å². The molecule has 142 valence electrons. The molecule has 2 aromatic heterocycles. The number of anilines is 1. The lowest BCUT2D eigenvalue weighted by Crippen LogP contribution is -2.49. The van der Waals surface area contributed by atoms with Gasteiger partial charge in [0, 0.05) is 32.2 Å². The van der Waals surface area contributed by atoms with E-state index in [9.17, 15) is 4.79 Å². The first-order chi connectivity index (χ1) is 12.9. The Hall–Kier alpha value is -2.12. The summed E-state index contributed by atoms with van der Waals surface area (Å²) >= 11 is 7.90. The molecule has 1 aromatic carbocycles. The van der Waals surface area contributed by atoms with Crippen molar-refractivity contribution in [2.45, 2.75) is 26.8 Å². The second kappa shape index (κ2) is 7.13. The molecule has 0 aliphatic carbocycles. The van der Waals surface area contributed by atoms with Gasteiger partial charge in [-0.25, -0.2) is 4.98 Å². The van der Waals surface area contributed by atoms with Gasteiger partial charge >= 0.3 is 0 Å². The lowest BCUT2D eigenvalue weighted by Gasteiger charge is -2.34. The lowest BCUT2D eigenvalue weighted by molar-refractivity contribution is 0.0732. The molecule has 0 atom stereocenters. The second-order valence-corrected chi connectivity index (χ2v) is 8.49. The number of amides is 1. The molecule has 6 nitrogen and oxygen atoms in total. The molecule has 1 amide bonds. The summed E-state index contributed by atoms with van der Waals surface area (Å²) in [4.78, 5) is 21.8. The van der Waals surface area contributed by atoms with Crippen molar-refractivity contribution >= 4 is 44.2 Å². The Morgan fingerprint density at radius 1 is 1.22 bits per heavy atom. The Balaban J connectivity index is 1.48. The average Bonchev–Trinajstić information content (AvgIpc) is 3.26. The van der Waals surface area contributed by atoms with Crippen LogP contribution in [0.2, 0.25) is 5.02 Å². The average molecular weight is 404 g/mol. The van der Waals surface area contributed by atoms with Crippen molar-refractivity contribution in [2.24, 2.45) is 0 Å². The van der Waals surface area contributed by atoms with Crippen LogP contribution in [0.3, 0.4) is 0 Å². The summed E-state index contributed by atoms with van der Waals surface area (Å²) in [6.07, 6.45) is 0. The molecule has 1 aliphatic heterocycles. The number of nitrogens with zero attached hydrogens (tertiary/aromatic N) is 5. The van der Waals surface area contributed by atoms with Gasteiger partial charge in [-0.3, -0.25) is 9.48 Å². The number of carbonyl (C=O) groups is 1. The number of halogens is 1. The monoisotopic (exact) mass is 403 g/mol. The molecular weight excluding hydrogens is 382 g/mol. The molecule has 0 N–H and O–H groups in total. The molecular formula is C19H22ClN5OS. The van der Waals surface area contributed by atoms with E-state index in [1.54, 1.807) is 11.3 Å². The summed E-state index contributed by atoms with van der Waals surface area (Å²) in [6, 6.07) is 7.89. The fourth-order valence-corrected chi connectivity index (χ4v) is 4.69. The quantitative estimate of drug-likeness (QED) is 0.663. The van der Waals surface area contributed by atoms with Crippen molar-refractivity contribution in [2.75, 3.05) is 31.1 Å². The van der Waals surface area contributed by atoms with E-state index in [2.05, 4.69) is 10.00 Å². The van der Waals surface area contributed by atoms with Gasteiger partial charge in [0.1, 0.15) is 11.2 Å². The standard InChI is InChI=1S/C19H22ClN5OS/c1-12(2)25-15(11-13(3)22-25)18(26)23-7-9-24(10-8-23)19-21-17-14(20)5-4-6-16(17)27-19/h4-6,11-12H,7-10H2,1-3H3. The highest BCUT2D eigenvalue weighted by Gasteiger charge is 2.27. The molecule has 0 spiro atoms. The molecule has 0 saturated carbocycles. The molecule has 8 heteroatoms. The van der Waals surface area contributed by atoms with E-state index >= 15 is 0 Å². The van der Waals surface area contributed by atoms with Crippen LogP contribution in [0.4, 0.5) is 5.13 Å². The highest BCUT2D eigenvalue weighted by molar-refractivity contribution is 7.22. The Morgan fingerprint density at radius 3 is 2.63 bits per heavy atom. The van der Waals surface area contributed by atoms with Gasteiger partial charge in [0.15, 0.2) is 5.13 Å². The summed E-state index contributed by atoms with van der Waals surface area (Å²) in [5.41, 5.74) is 2.40. The SMILES string of the molecule is Cc1cc(C(=O)N2CCN(c3nc4c(Cl)cccc4s3)CC2)n(C(C)C)n1. The normalized spacial score (nSPS) is 15.1. The predicted molar refractivity (Wildman–Crippen MR) is 110 cm³/mol. The van der Waals surface area contributed by atoms with Crippen LogP contribution in [-0.4, -0.2) is 51.8 Å². The zero-order valence-electron chi connectivity index (χ0n) is 15.6. The molecule has 3 aromatic rings. The lowest BCUT2D eigenvalue weighted by atomic mass is 10.2. The van der Waals surface area contributed by atoms with Crippen LogP contribution in [-0.2, 0) is 0 Å². The first kappa shape index (κ1) is 18.3. The molecule has 1 saturated heterocycles. The number of aryl methyl sites for hydroxylation is 1. The number of piperazine rings is 1. The minimum atomic E-state index is 0.0521. The van der Waals surface area contributed by atoms with E-state index in [0.717, 1.165) is 34.1 Å². The van der Waals surface area contributed by atoms with Gasteiger partial charge in [-0.1, -0.05) is 29.0 Å². The molecule has 0 bridgehead atoms. The number of aromatic nitrogens is 3. The van der Waals surface area contributed by atoms with Crippen LogP contribution in [0.25, 0.3) is 10.2 Å². The maximum Gasteiger partial charge on any atom is 0.272 e. The molecule has 0 radical (unpaired) electrons. The van der Waals surface area contributed by atoms with E-state index in [1.807, 2.05) is 54.6 Å². The predicted octanol–water partition coefficient (Wildman–Crippen LogP) is 4.00. The molecule has 4 rings (SSSR count). The summed E-state index contributed by atoms with van der Waals surface area (Å²) in [5, 5.41) is 6.11. The van der Waals surface area contributed by atoms with Crippen molar-refractivity contribution in [3.8, 4) is 0 Å². The number of rotatable bonds is 3. The van der Waals surface area contributed by atoms with Gasteiger partial charge in [-0.2, -0.15) is 5.10 Å². The smallest absolute Gasteiger partial charge is 0.272 e. The second-order valence-electron chi connectivity index (χ2n) is 7.07. The van der Waals surface area contributed by atoms with Gasteiger partial charge in [-0.05, 0) is 39.0 Å². The van der Waals surface area contributed by atoms with Crippen molar-refractivity contribution in [1.29, 1.82) is 0 Å². The number of benzene rings is 1. The number of carbonyl (C=O) groups excluding carboxylic acids is 1. The molecule has 1 fully saturated rings. The minimum absolute atomic E-state index is 0.0521. The van der Waals surface area contributed by atoms with Crippen molar-refractivity contribution in [1.82, 2.24) is 19.7 Å². The van der Waals surface area contributed by atoms with Crippen LogP contribution in [0.1, 0.15) is 36.1 Å². The Labute approximate surface area is 167 Å². The highest BCUT2D eigenvalue weighted by Crippen LogP contribution is 2.33. The number of hydrogen-bond acceptors (Lipinski definition) is 5. The van der Waals surface area contributed by atoms with E-state index < -0.39 is 0 Å². The molecule has 1 aliphatic rings. The van der Waals surface area contributed by atoms with Crippen LogP contribution < -0.4 is 4.90 Å². The van der Waals surface area contributed by atoms with Crippen LogP contribution in [0, 0.1) is 6.92 Å². The largest absolute Gasteiger partial charge is 0.345 e. The first-order valence-corrected chi connectivity index (χ1v) is 10.3. The van der Waals surface area contributed by atoms with E-state index in [0.29, 0.717) is 23.8 Å². The topological polar surface area (TPSA) is 54.3 Å². The highest BCUT2D eigenvalue weighted by atomic mass is 35.5. The van der Waals surface area contributed by atoms with Crippen molar-refractivity contribution in [3.05, 3.63) is 40.7 Å². The number of hydrogen-bond donors (Lipinski definition) is 0. The zero-order chi connectivity index (χ0) is 19.1. The van der Waals surface area contributed by atoms with E-state index in [1.165, 1.54) is 0 Å². The van der Waals surface area contributed by atoms with E-state index in [-0.39, 0.29) is 11.9 Å². The van der Waals surface area contributed by atoms with E-state index in [4.69, 9.17) is 16.6 Å². The zero-order valence-corrected chi connectivity index (χ0v) is 17.2. The summed E-state index contributed by atoms with van der Waals surface area (Å²) in [6.45, 7) is 8.87. The Kier molecular flexibility index (Phi) is 4.82.